The molecular formula is C35H36Cl2N6O5S. The van der Waals surface area contributed by atoms with E-state index in [1.165, 1.54) is 22.7 Å². The lowest BCUT2D eigenvalue weighted by Gasteiger charge is -2.37. The largest absolute Gasteiger partial charge is 0.487 e. The molecule has 0 spiro atoms. The van der Waals surface area contributed by atoms with Crippen LogP contribution < -0.4 is 10.6 Å². The molecule has 49 heavy (non-hydrogen) atoms. The van der Waals surface area contributed by atoms with Crippen LogP contribution in [0.3, 0.4) is 0 Å². The van der Waals surface area contributed by atoms with Gasteiger partial charge in [-0.2, -0.15) is 9.41 Å². The summed E-state index contributed by atoms with van der Waals surface area (Å²) in [6.07, 6.45) is 2.39. The molecule has 256 valence electrons. The first-order valence-electron chi connectivity index (χ1n) is 15.9. The van der Waals surface area contributed by atoms with Gasteiger partial charge in [-0.05, 0) is 74.2 Å². The number of aromatic nitrogens is 1. The SMILES string of the molecule is Cc1cc(C)c2cccc(OCc3c(Cl)ccc(S(=O)(=O)N4CCCC4C(=O)N4CCN(C(=O)c5ccc(/C=N/N)cc5)CC4)c3Cl)c2n1. The molecule has 0 radical (unpaired) electrons. The number of amides is 2. The number of nitrogens with zero attached hydrogens (tertiary/aromatic N) is 5. The molecule has 14 heteroatoms. The van der Waals surface area contributed by atoms with Gasteiger partial charge in [0.25, 0.3) is 5.91 Å². The first kappa shape index (κ1) is 34.6. The molecule has 0 aliphatic carbocycles. The van der Waals surface area contributed by atoms with E-state index in [9.17, 15) is 18.0 Å². The number of sulfonamides is 1. The van der Waals surface area contributed by atoms with Gasteiger partial charge in [-0.15, -0.1) is 0 Å². The molecule has 2 aliphatic rings. The van der Waals surface area contributed by atoms with Crippen LogP contribution in [0.15, 0.2) is 70.7 Å². The van der Waals surface area contributed by atoms with Gasteiger partial charge >= 0.3 is 0 Å². The van der Waals surface area contributed by atoms with Crippen LogP contribution in [0, 0.1) is 13.8 Å². The monoisotopic (exact) mass is 722 g/mol. The molecule has 6 rings (SSSR count). The van der Waals surface area contributed by atoms with E-state index in [-0.39, 0.29) is 53.0 Å². The Kier molecular flexibility index (Phi) is 10.1. The lowest BCUT2D eigenvalue weighted by atomic mass is 10.1. The molecule has 2 amide bonds. The quantitative estimate of drug-likeness (QED) is 0.151. The summed E-state index contributed by atoms with van der Waals surface area (Å²) < 4.78 is 35.6. The summed E-state index contributed by atoms with van der Waals surface area (Å²) in [4.78, 5) is 34.7. The molecule has 0 bridgehead atoms. The summed E-state index contributed by atoms with van der Waals surface area (Å²) >= 11 is 13.3. The minimum atomic E-state index is -4.19. The molecule has 2 aliphatic heterocycles. The number of nitrogens with two attached hydrogens (primary N) is 1. The highest BCUT2D eigenvalue weighted by molar-refractivity contribution is 7.89. The normalized spacial score (nSPS) is 17.3. The van der Waals surface area contributed by atoms with Crippen molar-refractivity contribution in [3.05, 3.63) is 98.7 Å². The molecule has 2 saturated heterocycles. The Hall–Kier alpha value is -4.23. The van der Waals surface area contributed by atoms with E-state index in [1.807, 2.05) is 32.0 Å². The molecule has 1 atom stereocenters. The number of rotatable bonds is 8. The van der Waals surface area contributed by atoms with Crippen molar-refractivity contribution in [3.63, 3.8) is 0 Å². The van der Waals surface area contributed by atoms with Gasteiger partial charge in [-0.25, -0.2) is 13.4 Å². The summed E-state index contributed by atoms with van der Waals surface area (Å²) in [6, 6.07) is 16.5. The number of hydrogen-bond acceptors (Lipinski definition) is 8. The van der Waals surface area contributed by atoms with Crippen LogP contribution in [0.5, 0.6) is 5.75 Å². The predicted octanol–water partition coefficient (Wildman–Crippen LogP) is 5.17. The second-order valence-corrected chi connectivity index (χ2v) is 14.8. The van der Waals surface area contributed by atoms with E-state index in [1.54, 1.807) is 40.1 Å². The standard InChI is InChI=1S/C35H36Cl2N6O5S/c1-22-19-23(2)40-33-26(22)5-3-7-30(33)48-21-27-28(36)12-13-31(32(27)37)49(46,47)43-14-4-6-29(43)35(45)42-17-15-41(16-18-42)34(44)25-10-8-24(9-11-25)20-39-38/h3,5,7-13,19-20,29H,4,6,14-18,21,38H2,1-2H3/b39-20+. The number of fused-ring (bicyclic) bond motifs is 1. The Labute approximate surface area is 295 Å². The van der Waals surface area contributed by atoms with Gasteiger partial charge in [0.05, 0.1) is 11.2 Å². The Morgan fingerprint density at radius 3 is 2.43 bits per heavy atom. The Morgan fingerprint density at radius 2 is 1.71 bits per heavy atom. The molecule has 2 fully saturated rings. The van der Waals surface area contributed by atoms with Gasteiger partial charge in [0.2, 0.25) is 15.9 Å². The van der Waals surface area contributed by atoms with Crippen LogP contribution in [-0.2, 0) is 21.4 Å². The van der Waals surface area contributed by atoms with Crippen molar-refractivity contribution in [1.29, 1.82) is 0 Å². The van der Waals surface area contributed by atoms with Gasteiger partial charge in [0.1, 0.15) is 28.8 Å². The van der Waals surface area contributed by atoms with E-state index in [4.69, 9.17) is 33.8 Å². The number of aryl methyl sites for hydroxylation is 2. The number of hydrogen-bond donors (Lipinski definition) is 1. The van der Waals surface area contributed by atoms with Gasteiger partial charge in [0.15, 0.2) is 0 Å². The lowest BCUT2D eigenvalue weighted by molar-refractivity contribution is -0.136. The van der Waals surface area contributed by atoms with Crippen LogP contribution in [0.2, 0.25) is 10.0 Å². The highest BCUT2D eigenvalue weighted by atomic mass is 35.5. The zero-order valence-corrected chi connectivity index (χ0v) is 29.4. The fourth-order valence-electron chi connectivity index (χ4n) is 6.45. The molecule has 3 aromatic carbocycles. The number of piperazine rings is 1. The topological polar surface area (TPSA) is 138 Å². The lowest BCUT2D eigenvalue weighted by Crippen LogP contribution is -2.55. The number of carbonyl (C=O) groups is 2. The minimum absolute atomic E-state index is 0.0540. The van der Waals surface area contributed by atoms with Crippen molar-refractivity contribution < 1.29 is 22.7 Å². The first-order valence-corrected chi connectivity index (χ1v) is 18.1. The average Bonchev–Trinajstić information content (AvgIpc) is 3.59. The maximum atomic E-state index is 14.1. The number of para-hydroxylation sites is 1. The highest BCUT2D eigenvalue weighted by Gasteiger charge is 2.43. The van der Waals surface area contributed by atoms with Gasteiger partial charge in [-0.3, -0.25) is 9.59 Å². The fraction of sp³-hybridized carbons (Fsp3) is 0.314. The van der Waals surface area contributed by atoms with Crippen LogP contribution in [0.4, 0.5) is 0 Å². The van der Waals surface area contributed by atoms with Crippen molar-refractivity contribution >= 4 is 62.2 Å². The van der Waals surface area contributed by atoms with Gasteiger partial charge in [-0.1, -0.05) is 47.5 Å². The predicted molar refractivity (Wildman–Crippen MR) is 190 cm³/mol. The molecular weight excluding hydrogens is 687 g/mol. The number of benzene rings is 3. The van der Waals surface area contributed by atoms with Gasteiger partial charge in [0, 0.05) is 60.0 Å². The molecule has 0 saturated carbocycles. The molecule has 1 unspecified atom stereocenters. The van der Waals surface area contributed by atoms with Crippen LogP contribution in [0.25, 0.3) is 10.9 Å². The van der Waals surface area contributed by atoms with E-state index in [2.05, 4.69) is 10.1 Å². The average molecular weight is 724 g/mol. The highest BCUT2D eigenvalue weighted by Crippen LogP contribution is 2.37. The second-order valence-electron chi connectivity index (χ2n) is 12.2. The fourth-order valence-corrected chi connectivity index (χ4v) is 8.97. The maximum Gasteiger partial charge on any atom is 0.253 e. The van der Waals surface area contributed by atoms with E-state index < -0.39 is 16.1 Å². The van der Waals surface area contributed by atoms with Gasteiger partial charge < -0.3 is 20.4 Å². The Morgan fingerprint density at radius 1 is 1.00 bits per heavy atom. The Balaban J connectivity index is 1.15. The van der Waals surface area contributed by atoms with Crippen molar-refractivity contribution in [2.75, 3.05) is 32.7 Å². The van der Waals surface area contributed by atoms with Crippen LogP contribution in [-0.4, -0.2) is 84.3 Å². The molecule has 1 aromatic heterocycles. The number of halogens is 2. The zero-order chi connectivity index (χ0) is 34.9. The summed E-state index contributed by atoms with van der Waals surface area (Å²) in [5.41, 5.74) is 4.20. The zero-order valence-electron chi connectivity index (χ0n) is 27.1. The molecule has 2 N–H and O–H groups in total. The van der Waals surface area contributed by atoms with E-state index in [0.29, 0.717) is 48.3 Å². The number of pyridine rings is 1. The van der Waals surface area contributed by atoms with Crippen molar-refractivity contribution in [2.45, 2.75) is 44.2 Å². The van der Waals surface area contributed by atoms with Crippen molar-refractivity contribution in [1.82, 2.24) is 19.1 Å². The molecule has 3 heterocycles. The minimum Gasteiger partial charge on any atom is -0.487 e. The van der Waals surface area contributed by atoms with Crippen LogP contribution in [0.1, 0.15) is 45.6 Å². The second kappa shape index (κ2) is 14.3. The smallest absolute Gasteiger partial charge is 0.253 e. The third-order valence-corrected chi connectivity index (χ3v) is 11.8. The molecule has 11 nitrogen and oxygen atoms in total. The third kappa shape index (κ3) is 6.96. The van der Waals surface area contributed by atoms with Crippen molar-refractivity contribution in [2.24, 2.45) is 10.9 Å². The summed E-state index contributed by atoms with van der Waals surface area (Å²) in [5.74, 6) is 5.28. The third-order valence-electron chi connectivity index (χ3n) is 9.00. The number of hydrazone groups is 1. The summed E-state index contributed by atoms with van der Waals surface area (Å²) in [6.45, 7) is 5.23. The summed E-state index contributed by atoms with van der Waals surface area (Å²) in [7, 11) is -4.19. The van der Waals surface area contributed by atoms with E-state index in [0.717, 1.165) is 22.2 Å². The maximum absolute atomic E-state index is 14.1. The summed E-state index contributed by atoms with van der Waals surface area (Å²) in [5, 5.41) is 4.63. The number of ether oxygens (including phenoxy) is 1. The Bertz CT molecular complexity index is 2050. The van der Waals surface area contributed by atoms with Crippen molar-refractivity contribution in [3.8, 4) is 5.75 Å². The first-order chi connectivity index (χ1) is 23.5. The van der Waals surface area contributed by atoms with Crippen LogP contribution >= 0.6 is 23.2 Å². The molecule has 4 aromatic rings. The van der Waals surface area contributed by atoms with E-state index >= 15 is 0 Å². The number of carbonyl (C=O) groups excluding carboxylic acids is 2.